The van der Waals surface area contributed by atoms with Gasteiger partial charge in [0, 0.05) is 31.0 Å². The molecule has 0 aromatic carbocycles. The summed E-state index contributed by atoms with van der Waals surface area (Å²) in [5.41, 5.74) is 7.71. The van der Waals surface area contributed by atoms with Crippen molar-refractivity contribution >= 4 is 0 Å². The quantitative estimate of drug-likeness (QED) is 0.838. The number of aromatic nitrogens is 1. The molecule has 1 fully saturated rings. The summed E-state index contributed by atoms with van der Waals surface area (Å²) >= 11 is 0. The molecule has 3 heteroatoms. The van der Waals surface area contributed by atoms with E-state index >= 15 is 0 Å². The van der Waals surface area contributed by atoms with E-state index in [1.54, 1.807) is 0 Å². The van der Waals surface area contributed by atoms with Gasteiger partial charge in [0.1, 0.15) is 0 Å². The largest absolute Gasteiger partial charge is 0.329 e. The monoisotopic (exact) mass is 247 g/mol. The van der Waals surface area contributed by atoms with E-state index in [0.29, 0.717) is 0 Å². The highest BCUT2D eigenvalue weighted by Gasteiger charge is 2.37. The summed E-state index contributed by atoms with van der Waals surface area (Å²) in [6.45, 7) is 5.26. The summed E-state index contributed by atoms with van der Waals surface area (Å²) in [6, 6.07) is 4.22. The van der Waals surface area contributed by atoms with Gasteiger partial charge in [0.15, 0.2) is 0 Å². The second-order valence-electron chi connectivity index (χ2n) is 5.32. The van der Waals surface area contributed by atoms with Crippen molar-refractivity contribution in [2.75, 3.05) is 19.6 Å². The third-order valence-electron chi connectivity index (χ3n) is 4.39. The van der Waals surface area contributed by atoms with Crippen LogP contribution in [-0.4, -0.2) is 35.1 Å². The highest BCUT2D eigenvalue weighted by molar-refractivity contribution is 5.10. The molecule has 1 saturated carbocycles. The van der Waals surface area contributed by atoms with Gasteiger partial charge in [-0.15, -0.1) is 0 Å². The van der Waals surface area contributed by atoms with Crippen molar-refractivity contribution in [1.29, 1.82) is 0 Å². The zero-order valence-corrected chi connectivity index (χ0v) is 11.4. The molecule has 0 saturated heterocycles. The molecular weight excluding hydrogens is 222 g/mol. The lowest BCUT2D eigenvalue weighted by Crippen LogP contribution is -2.52. The summed E-state index contributed by atoms with van der Waals surface area (Å²) in [5, 5.41) is 0. The van der Waals surface area contributed by atoms with Gasteiger partial charge < -0.3 is 5.73 Å². The van der Waals surface area contributed by atoms with Crippen LogP contribution in [-0.2, 0) is 6.42 Å². The fraction of sp³-hybridized carbons (Fsp3) is 0.667. The second kappa shape index (κ2) is 6.30. The normalized spacial score (nSPS) is 18.4. The molecule has 0 amide bonds. The molecule has 1 aromatic heterocycles. The van der Waals surface area contributed by atoms with E-state index in [0.717, 1.165) is 26.1 Å². The van der Waals surface area contributed by atoms with Crippen molar-refractivity contribution < 1.29 is 0 Å². The Morgan fingerprint density at radius 3 is 2.50 bits per heavy atom. The van der Waals surface area contributed by atoms with Crippen LogP contribution in [0.5, 0.6) is 0 Å². The minimum Gasteiger partial charge on any atom is -0.329 e. The van der Waals surface area contributed by atoms with Gasteiger partial charge in [-0.2, -0.15) is 0 Å². The van der Waals surface area contributed by atoms with Crippen LogP contribution in [0.3, 0.4) is 0 Å². The van der Waals surface area contributed by atoms with E-state index in [4.69, 9.17) is 5.73 Å². The summed E-state index contributed by atoms with van der Waals surface area (Å²) in [6.07, 6.45) is 10.1. The van der Waals surface area contributed by atoms with Crippen LogP contribution in [0.2, 0.25) is 0 Å². The molecule has 2 rings (SSSR count). The van der Waals surface area contributed by atoms with Crippen LogP contribution in [0.4, 0.5) is 0 Å². The Bertz CT molecular complexity index is 344. The maximum absolute atomic E-state index is 6.06. The Morgan fingerprint density at radius 1 is 1.28 bits per heavy atom. The van der Waals surface area contributed by atoms with Gasteiger partial charge >= 0.3 is 0 Å². The standard InChI is InChI=1S/C15H25N3/c1-2-18(15(13-16)8-3-4-9-15)12-7-14-5-10-17-11-6-14/h5-6,10-11H,2-4,7-9,12-13,16H2,1H3. The predicted octanol–water partition coefficient (Wildman–Crippen LogP) is 2.22. The lowest BCUT2D eigenvalue weighted by atomic mass is 9.94. The number of hydrogen-bond acceptors (Lipinski definition) is 3. The van der Waals surface area contributed by atoms with Crippen molar-refractivity contribution in [3.63, 3.8) is 0 Å². The van der Waals surface area contributed by atoms with Gasteiger partial charge in [0.2, 0.25) is 0 Å². The fourth-order valence-electron chi connectivity index (χ4n) is 3.23. The number of pyridine rings is 1. The van der Waals surface area contributed by atoms with E-state index in [-0.39, 0.29) is 5.54 Å². The van der Waals surface area contributed by atoms with Crippen molar-refractivity contribution in [3.05, 3.63) is 30.1 Å². The molecule has 0 atom stereocenters. The molecule has 0 spiro atoms. The maximum Gasteiger partial charge on any atom is 0.0331 e. The van der Waals surface area contributed by atoms with Crippen LogP contribution < -0.4 is 5.73 Å². The Balaban J connectivity index is 1.96. The highest BCUT2D eigenvalue weighted by atomic mass is 15.2. The smallest absolute Gasteiger partial charge is 0.0331 e. The minimum atomic E-state index is 0.280. The minimum absolute atomic E-state index is 0.280. The average molecular weight is 247 g/mol. The van der Waals surface area contributed by atoms with E-state index < -0.39 is 0 Å². The number of likely N-dealkylation sites (N-methyl/N-ethyl adjacent to an activating group) is 1. The molecule has 3 nitrogen and oxygen atoms in total. The molecule has 0 radical (unpaired) electrons. The van der Waals surface area contributed by atoms with Crippen LogP contribution >= 0.6 is 0 Å². The van der Waals surface area contributed by atoms with Crippen LogP contribution in [0, 0.1) is 0 Å². The van der Waals surface area contributed by atoms with Gasteiger partial charge in [-0.25, -0.2) is 0 Å². The zero-order chi connectivity index (χ0) is 12.8. The summed E-state index contributed by atoms with van der Waals surface area (Å²) < 4.78 is 0. The molecule has 1 aliphatic carbocycles. The van der Waals surface area contributed by atoms with E-state index in [9.17, 15) is 0 Å². The van der Waals surface area contributed by atoms with Crippen LogP contribution in [0.1, 0.15) is 38.2 Å². The SMILES string of the molecule is CCN(CCc1ccncc1)C1(CN)CCCC1. The summed E-state index contributed by atoms with van der Waals surface area (Å²) in [5.74, 6) is 0. The number of nitrogens with two attached hydrogens (primary N) is 1. The maximum atomic E-state index is 6.06. The van der Waals surface area contributed by atoms with E-state index in [1.807, 2.05) is 12.4 Å². The third-order valence-corrected chi connectivity index (χ3v) is 4.39. The number of nitrogens with zero attached hydrogens (tertiary/aromatic N) is 2. The average Bonchev–Trinajstić information content (AvgIpc) is 2.91. The predicted molar refractivity (Wildman–Crippen MR) is 75.4 cm³/mol. The third kappa shape index (κ3) is 2.90. The lowest BCUT2D eigenvalue weighted by Gasteiger charge is -2.40. The first-order valence-electron chi connectivity index (χ1n) is 7.15. The molecular formula is C15H25N3. The van der Waals surface area contributed by atoms with Gasteiger partial charge in [-0.05, 0) is 43.5 Å². The first kappa shape index (κ1) is 13.5. The molecule has 100 valence electrons. The molecule has 1 aliphatic rings. The van der Waals surface area contributed by atoms with Crippen molar-refractivity contribution in [2.24, 2.45) is 5.73 Å². The molecule has 0 aliphatic heterocycles. The fourth-order valence-corrected chi connectivity index (χ4v) is 3.23. The second-order valence-corrected chi connectivity index (χ2v) is 5.32. The zero-order valence-electron chi connectivity index (χ0n) is 11.4. The summed E-state index contributed by atoms with van der Waals surface area (Å²) in [4.78, 5) is 6.66. The van der Waals surface area contributed by atoms with Crippen molar-refractivity contribution in [1.82, 2.24) is 9.88 Å². The molecule has 1 aromatic rings. The molecule has 0 bridgehead atoms. The Kier molecular flexibility index (Phi) is 4.72. The van der Waals surface area contributed by atoms with Gasteiger partial charge in [-0.3, -0.25) is 9.88 Å². The molecule has 0 unspecified atom stereocenters. The van der Waals surface area contributed by atoms with Crippen LogP contribution in [0.15, 0.2) is 24.5 Å². The van der Waals surface area contributed by atoms with E-state index in [2.05, 4.69) is 28.9 Å². The van der Waals surface area contributed by atoms with Gasteiger partial charge in [-0.1, -0.05) is 19.8 Å². The molecule has 2 N–H and O–H groups in total. The Labute approximate surface area is 110 Å². The van der Waals surface area contributed by atoms with Crippen molar-refractivity contribution in [3.8, 4) is 0 Å². The first-order chi connectivity index (χ1) is 8.80. The van der Waals surface area contributed by atoms with E-state index in [1.165, 1.54) is 31.2 Å². The highest BCUT2D eigenvalue weighted by Crippen LogP contribution is 2.34. The van der Waals surface area contributed by atoms with Crippen LogP contribution in [0.25, 0.3) is 0 Å². The Morgan fingerprint density at radius 2 is 1.94 bits per heavy atom. The first-order valence-corrected chi connectivity index (χ1v) is 7.15. The topological polar surface area (TPSA) is 42.2 Å². The molecule has 18 heavy (non-hydrogen) atoms. The summed E-state index contributed by atoms with van der Waals surface area (Å²) in [7, 11) is 0. The number of hydrogen-bond donors (Lipinski definition) is 1. The van der Waals surface area contributed by atoms with Gasteiger partial charge in [0.25, 0.3) is 0 Å². The molecule has 1 heterocycles. The Hall–Kier alpha value is -0.930. The van der Waals surface area contributed by atoms with Crippen molar-refractivity contribution in [2.45, 2.75) is 44.6 Å². The number of rotatable bonds is 6. The van der Waals surface area contributed by atoms with Gasteiger partial charge in [0.05, 0.1) is 0 Å². The lowest BCUT2D eigenvalue weighted by molar-refractivity contribution is 0.107.